The van der Waals surface area contributed by atoms with Crippen molar-refractivity contribution in [3.8, 4) is 0 Å². The number of nitrogens with one attached hydrogen (secondary N) is 1. The molecule has 2 N–H and O–H groups in total. The minimum Gasteiger partial charge on any atom is -0.390 e. The monoisotopic (exact) mass is 237 g/mol. The van der Waals surface area contributed by atoms with Crippen molar-refractivity contribution in [2.75, 3.05) is 6.54 Å². The molecule has 3 unspecified atom stereocenters. The van der Waals surface area contributed by atoms with Crippen LogP contribution in [-0.4, -0.2) is 33.6 Å². The van der Waals surface area contributed by atoms with Crippen molar-refractivity contribution >= 4 is 0 Å². The van der Waals surface area contributed by atoms with Gasteiger partial charge in [0.2, 0.25) is 0 Å². The molecule has 1 aromatic rings. The molecule has 0 aromatic carbocycles. The summed E-state index contributed by atoms with van der Waals surface area (Å²) < 4.78 is 1.77. The molecular formula is C13H23N3O. The van der Waals surface area contributed by atoms with Gasteiger partial charge in [0.15, 0.2) is 0 Å². The average Bonchev–Trinajstić information content (AvgIpc) is 2.81. The average molecular weight is 237 g/mol. The molecule has 0 saturated heterocycles. The van der Waals surface area contributed by atoms with Gasteiger partial charge in [-0.3, -0.25) is 4.68 Å². The number of aromatic nitrogens is 2. The number of rotatable bonds is 5. The lowest BCUT2D eigenvalue weighted by atomic mass is 9.86. The summed E-state index contributed by atoms with van der Waals surface area (Å²) in [6, 6.07) is 2.46. The minimum absolute atomic E-state index is 0.357. The predicted octanol–water partition coefficient (Wildman–Crippen LogP) is 1.41. The Morgan fingerprint density at radius 2 is 2.29 bits per heavy atom. The van der Waals surface area contributed by atoms with Crippen molar-refractivity contribution in [1.82, 2.24) is 15.1 Å². The fraction of sp³-hybridized carbons (Fsp3) is 0.769. The van der Waals surface area contributed by atoms with Gasteiger partial charge in [-0.25, -0.2) is 0 Å². The smallest absolute Gasteiger partial charge is 0.0860 e. The van der Waals surface area contributed by atoms with Crippen LogP contribution in [0.2, 0.25) is 0 Å². The van der Waals surface area contributed by atoms with Gasteiger partial charge in [0.1, 0.15) is 0 Å². The molecule has 1 aliphatic carbocycles. The quantitative estimate of drug-likeness (QED) is 0.814. The molecule has 1 aromatic heterocycles. The van der Waals surface area contributed by atoms with Gasteiger partial charge in [0, 0.05) is 25.0 Å². The third-order valence-corrected chi connectivity index (χ3v) is 3.68. The first-order chi connectivity index (χ1) is 8.25. The van der Waals surface area contributed by atoms with Crippen molar-refractivity contribution < 1.29 is 5.11 Å². The van der Waals surface area contributed by atoms with Crippen LogP contribution in [-0.2, 0) is 6.54 Å². The number of nitrogens with zero attached hydrogens (tertiary/aromatic N) is 2. The van der Waals surface area contributed by atoms with E-state index >= 15 is 0 Å². The first-order valence-corrected chi connectivity index (χ1v) is 6.64. The Morgan fingerprint density at radius 1 is 1.47 bits per heavy atom. The lowest BCUT2D eigenvalue weighted by Gasteiger charge is -2.30. The summed E-state index contributed by atoms with van der Waals surface area (Å²) in [5.41, 5.74) is 0. The number of hydrogen-bond acceptors (Lipinski definition) is 3. The molecule has 1 fully saturated rings. The fourth-order valence-electron chi connectivity index (χ4n) is 2.60. The highest BCUT2D eigenvalue weighted by Crippen LogP contribution is 2.23. The standard InChI is InChI=1S/C13H23N3O/c1-11-5-2-3-6-13(11)14-9-12(17)10-16-8-4-7-15-16/h4,7-8,11-14,17H,2-3,5-6,9-10H2,1H3. The molecule has 0 aliphatic heterocycles. The molecule has 96 valence electrons. The summed E-state index contributed by atoms with van der Waals surface area (Å²) >= 11 is 0. The third-order valence-electron chi connectivity index (χ3n) is 3.68. The molecule has 0 radical (unpaired) electrons. The number of aliphatic hydroxyl groups is 1. The molecule has 3 atom stereocenters. The highest BCUT2D eigenvalue weighted by atomic mass is 16.3. The van der Waals surface area contributed by atoms with Gasteiger partial charge >= 0.3 is 0 Å². The van der Waals surface area contributed by atoms with Crippen LogP contribution in [0.3, 0.4) is 0 Å². The SMILES string of the molecule is CC1CCCCC1NCC(O)Cn1cccn1. The van der Waals surface area contributed by atoms with Crippen LogP contribution in [0.5, 0.6) is 0 Å². The van der Waals surface area contributed by atoms with Gasteiger partial charge in [0.25, 0.3) is 0 Å². The predicted molar refractivity (Wildman–Crippen MR) is 67.7 cm³/mol. The Bertz CT molecular complexity index is 312. The number of aliphatic hydroxyl groups excluding tert-OH is 1. The Kier molecular flexibility index (Phi) is 4.57. The van der Waals surface area contributed by atoms with E-state index in [-0.39, 0.29) is 6.10 Å². The topological polar surface area (TPSA) is 50.1 Å². The van der Waals surface area contributed by atoms with Crippen LogP contribution in [0.4, 0.5) is 0 Å². The van der Waals surface area contributed by atoms with Crippen molar-refractivity contribution in [2.24, 2.45) is 5.92 Å². The van der Waals surface area contributed by atoms with Gasteiger partial charge in [-0.1, -0.05) is 19.8 Å². The molecule has 0 amide bonds. The van der Waals surface area contributed by atoms with Crippen LogP contribution < -0.4 is 5.32 Å². The normalized spacial score (nSPS) is 26.9. The van der Waals surface area contributed by atoms with Crippen LogP contribution >= 0.6 is 0 Å². The van der Waals surface area contributed by atoms with Crippen LogP contribution in [0.1, 0.15) is 32.6 Å². The van der Waals surface area contributed by atoms with Crippen LogP contribution in [0.15, 0.2) is 18.5 Å². The van der Waals surface area contributed by atoms with Gasteiger partial charge in [-0.15, -0.1) is 0 Å². The maximum atomic E-state index is 9.91. The summed E-state index contributed by atoms with van der Waals surface area (Å²) in [4.78, 5) is 0. The maximum absolute atomic E-state index is 9.91. The largest absolute Gasteiger partial charge is 0.390 e. The molecule has 17 heavy (non-hydrogen) atoms. The molecule has 1 saturated carbocycles. The van der Waals surface area contributed by atoms with Gasteiger partial charge in [0.05, 0.1) is 12.6 Å². The van der Waals surface area contributed by atoms with E-state index < -0.39 is 0 Å². The molecular weight excluding hydrogens is 214 g/mol. The van der Waals surface area contributed by atoms with E-state index in [2.05, 4.69) is 17.3 Å². The van der Waals surface area contributed by atoms with Crippen molar-refractivity contribution in [3.63, 3.8) is 0 Å². The van der Waals surface area contributed by atoms with Gasteiger partial charge in [-0.2, -0.15) is 5.10 Å². The molecule has 1 heterocycles. The molecule has 0 bridgehead atoms. The highest BCUT2D eigenvalue weighted by Gasteiger charge is 2.21. The van der Waals surface area contributed by atoms with E-state index in [4.69, 9.17) is 0 Å². The Morgan fingerprint density at radius 3 is 3.00 bits per heavy atom. The summed E-state index contributed by atoms with van der Waals surface area (Å²) in [6.45, 7) is 3.53. The lowest BCUT2D eigenvalue weighted by Crippen LogP contribution is -2.42. The second-order valence-electron chi connectivity index (χ2n) is 5.16. The molecule has 1 aliphatic rings. The van der Waals surface area contributed by atoms with E-state index in [9.17, 15) is 5.11 Å². The third kappa shape index (κ3) is 3.82. The maximum Gasteiger partial charge on any atom is 0.0860 e. The Hall–Kier alpha value is -0.870. The van der Waals surface area contributed by atoms with E-state index in [1.165, 1.54) is 25.7 Å². The second kappa shape index (κ2) is 6.17. The summed E-state index contributed by atoms with van der Waals surface area (Å²) in [5, 5.41) is 17.5. The Labute approximate surface area is 103 Å². The summed E-state index contributed by atoms with van der Waals surface area (Å²) in [6.07, 6.45) is 8.49. The summed E-state index contributed by atoms with van der Waals surface area (Å²) in [5.74, 6) is 0.737. The molecule has 0 spiro atoms. The van der Waals surface area contributed by atoms with E-state index in [0.717, 1.165) is 5.92 Å². The molecule has 2 rings (SSSR count). The van der Waals surface area contributed by atoms with Gasteiger partial charge in [-0.05, 0) is 24.8 Å². The highest BCUT2D eigenvalue weighted by molar-refractivity contribution is 4.81. The fourth-order valence-corrected chi connectivity index (χ4v) is 2.60. The van der Waals surface area contributed by atoms with E-state index in [0.29, 0.717) is 19.1 Å². The molecule has 4 nitrogen and oxygen atoms in total. The number of hydrogen-bond donors (Lipinski definition) is 2. The molecule has 4 heteroatoms. The van der Waals surface area contributed by atoms with Crippen molar-refractivity contribution in [3.05, 3.63) is 18.5 Å². The van der Waals surface area contributed by atoms with Crippen molar-refractivity contribution in [2.45, 2.75) is 51.3 Å². The zero-order valence-corrected chi connectivity index (χ0v) is 10.5. The minimum atomic E-state index is -0.357. The van der Waals surface area contributed by atoms with E-state index in [1.807, 2.05) is 12.3 Å². The summed E-state index contributed by atoms with van der Waals surface area (Å²) in [7, 11) is 0. The second-order valence-corrected chi connectivity index (χ2v) is 5.16. The first kappa shape index (κ1) is 12.6. The van der Waals surface area contributed by atoms with Crippen LogP contribution in [0, 0.1) is 5.92 Å². The van der Waals surface area contributed by atoms with Crippen LogP contribution in [0.25, 0.3) is 0 Å². The van der Waals surface area contributed by atoms with Gasteiger partial charge < -0.3 is 10.4 Å². The first-order valence-electron chi connectivity index (χ1n) is 6.64. The van der Waals surface area contributed by atoms with E-state index in [1.54, 1.807) is 10.9 Å². The zero-order chi connectivity index (χ0) is 12.1. The Balaban J connectivity index is 1.70. The lowest BCUT2D eigenvalue weighted by molar-refractivity contribution is 0.134. The van der Waals surface area contributed by atoms with Crippen molar-refractivity contribution in [1.29, 1.82) is 0 Å². The zero-order valence-electron chi connectivity index (χ0n) is 10.5.